The van der Waals surface area contributed by atoms with Crippen LogP contribution in [0.2, 0.25) is 4.34 Å². The zero-order valence-electron chi connectivity index (χ0n) is 10.3. The van der Waals surface area contributed by atoms with Gasteiger partial charge in [0.15, 0.2) is 0 Å². The van der Waals surface area contributed by atoms with Crippen LogP contribution in [-0.4, -0.2) is 6.04 Å². The second-order valence-corrected chi connectivity index (χ2v) is 6.16. The summed E-state index contributed by atoms with van der Waals surface area (Å²) in [6.07, 6.45) is 0. The van der Waals surface area contributed by atoms with Crippen LogP contribution in [0, 0.1) is 5.82 Å². The standard InChI is InChI=1S/C14H15ClFNS/c1-9(2)17-8-11-4-3-10(7-12(11)16)13-5-6-14(15)18-13/h3-7,9,17H,8H2,1-2H3. The molecule has 1 nitrogen and oxygen atoms in total. The van der Waals surface area contributed by atoms with Gasteiger partial charge in [-0.2, -0.15) is 0 Å². The Morgan fingerprint density at radius 2 is 2.06 bits per heavy atom. The van der Waals surface area contributed by atoms with Crippen LogP contribution in [0.15, 0.2) is 30.3 Å². The highest BCUT2D eigenvalue weighted by atomic mass is 35.5. The highest BCUT2D eigenvalue weighted by molar-refractivity contribution is 7.19. The first-order valence-electron chi connectivity index (χ1n) is 5.84. The largest absolute Gasteiger partial charge is 0.310 e. The summed E-state index contributed by atoms with van der Waals surface area (Å²) in [5, 5.41) is 3.21. The summed E-state index contributed by atoms with van der Waals surface area (Å²) in [7, 11) is 0. The molecule has 2 rings (SSSR count). The van der Waals surface area contributed by atoms with Crippen molar-refractivity contribution in [2.24, 2.45) is 0 Å². The topological polar surface area (TPSA) is 12.0 Å². The highest BCUT2D eigenvalue weighted by Gasteiger charge is 2.07. The first-order valence-corrected chi connectivity index (χ1v) is 7.03. The van der Waals surface area contributed by atoms with E-state index in [9.17, 15) is 4.39 Å². The van der Waals surface area contributed by atoms with Crippen LogP contribution >= 0.6 is 22.9 Å². The molecule has 0 saturated carbocycles. The Balaban J connectivity index is 2.19. The van der Waals surface area contributed by atoms with Crippen LogP contribution in [0.25, 0.3) is 10.4 Å². The number of hydrogen-bond acceptors (Lipinski definition) is 2. The molecule has 4 heteroatoms. The van der Waals surface area contributed by atoms with Gasteiger partial charge in [-0.25, -0.2) is 4.39 Å². The van der Waals surface area contributed by atoms with Gasteiger partial charge >= 0.3 is 0 Å². The normalized spacial score (nSPS) is 11.2. The lowest BCUT2D eigenvalue weighted by molar-refractivity contribution is 0.553. The minimum Gasteiger partial charge on any atom is -0.310 e. The molecule has 1 heterocycles. The Morgan fingerprint density at radius 1 is 1.28 bits per heavy atom. The van der Waals surface area contributed by atoms with Gasteiger partial charge < -0.3 is 5.32 Å². The summed E-state index contributed by atoms with van der Waals surface area (Å²) in [5.74, 6) is -0.176. The van der Waals surface area contributed by atoms with Crippen molar-refractivity contribution in [1.82, 2.24) is 5.32 Å². The fraction of sp³-hybridized carbons (Fsp3) is 0.286. The van der Waals surface area contributed by atoms with Crippen molar-refractivity contribution in [1.29, 1.82) is 0 Å². The van der Waals surface area contributed by atoms with Crippen molar-refractivity contribution < 1.29 is 4.39 Å². The molecular formula is C14H15ClFNS. The summed E-state index contributed by atoms with van der Waals surface area (Å²) >= 11 is 7.34. The van der Waals surface area contributed by atoms with Crippen LogP contribution in [0.3, 0.4) is 0 Å². The molecule has 0 atom stereocenters. The molecule has 0 aliphatic heterocycles. The van der Waals surface area contributed by atoms with Gasteiger partial charge in [0.1, 0.15) is 5.82 Å². The summed E-state index contributed by atoms with van der Waals surface area (Å²) in [4.78, 5) is 0.988. The number of nitrogens with one attached hydrogen (secondary N) is 1. The molecule has 0 aliphatic carbocycles. The summed E-state index contributed by atoms with van der Waals surface area (Å²) in [6.45, 7) is 4.63. The first kappa shape index (κ1) is 13.5. The molecule has 96 valence electrons. The molecule has 2 aromatic rings. The minimum atomic E-state index is -0.176. The minimum absolute atomic E-state index is 0.176. The van der Waals surface area contributed by atoms with Crippen molar-refractivity contribution in [3.05, 3.63) is 46.0 Å². The zero-order valence-corrected chi connectivity index (χ0v) is 11.9. The molecule has 0 radical (unpaired) electrons. The number of benzene rings is 1. The monoisotopic (exact) mass is 283 g/mol. The third kappa shape index (κ3) is 3.31. The molecule has 0 spiro atoms. The molecule has 0 aliphatic rings. The number of hydrogen-bond donors (Lipinski definition) is 1. The van der Waals surface area contributed by atoms with Gasteiger partial charge in [-0.3, -0.25) is 0 Å². The Labute approximate surface area is 116 Å². The van der Waals surface area contributed by atoms with Crippen LogP contribution in [0.5, 0.6) is 0 Å². The van der Waals surface area contributed by atoms with Crippen LogP contribution < -0.4 is 5.32 Å². The van der Waals surface area contributed by atoms with Crippen molar-refractivity contribution >= 4 is 22.9 Å². The smallest absolute Gasteiger partial charge is 0.128 e. The fourth-order valence-electron chi connectivity index (χ4n) is 1.63. The first-order chi connectivity index (χ1) is 8.56. The van der Waals surface area contributed by atoms with Crippen molar-refractivity contribution in [3.8, 4) is 10.4 Å². The van der Waals surface area contributed by atoms with E-state index in [0.29, 0.717) is 18.2 Å². The van der Waals surface area contributed by atoms with E-state index >= 15 is 0 Å². The van der Waals surface area contributed by atoms with Crippen molar-refractivity contribution in [2.75, 3.05) is 0 Å². The molecule has 0 bridgehead atoms. The molecular weight excluding hydrogens is 269 g/mol. The van der Waals surface area contributed by atoms with Gasteiger partial charge in [0.05, 0.1) is 4.34 Å². The van der Waals surface area contributed by atoms with Crippen LogP contribution in [0.1, 0.15) is 19.4 Å². The predicted octanol–water partition coefficient (Wildman–Crippen LogP) is 4.71. The van der Waals surface area contributed by atoms with Crippen LogP contribution in [-0.2, 0) is 6.54 Å². The Bertz CT molecular complexity index is 536. The SMILES string of the molecule is CC(C)NCc1ccc(-c2ccc(Cl)s2)cc1F. The molecule has 1 N–H and O–H groups in total. The molecule has 1 aromatic heterocycles. The molecule has 18 heavy (non-hydrogen) atoms. The highest BCUT2D eigenvalue weighted by Crippen LogP contribution is 2.31. The lowest BCUT2D eigenvalue weighted by Crippen LogP contribution is -2.22. The molecule has 0 fully saturated rings. The van der Waals surface area contributed by atoms with Crippen LogP contribution in [0.4, 0.5) is 4.39 Å². The van der Waals surface area contributed by atoms with Gasteiger partial charge in [0.25, 0.3) is 0 Å². The van der Waals surface area contributed by atoms with E-state index in [-0.39, 0.29) is 5.82 Å². The average molecular weight is 284 g/mol. The molecule has 0 amide bonds. The van der Waals surface area contributed by atoms with E-state index in [0.717, 1.165) is 14.8 Å². The van der Waals surface area contributed by atoms with Gasteiger partial charge in [-0.1, -0.05) is 37.6 Å². The number of rotatable bonds is 4. The maximum atomic E-state index is 13.9. The molecule has 0 saturated heterocycles. The Morgan fingerprint density at radius 3 is 2.61 bits per heavy atom. The molecule has 1 aromatic carbocycles. The number of halogens is 2. The van der Waals surface area contributed by atoms with E-state index in [1.54, 1.807) is 6.07 Å². The Kier molecular flexibility index (Phi) is 4.38. The van der Waals surface area contributed by atoms with Gasteiger partial charge in [0, 0.05) is 23.0 Å². The average Bonchev–Trinajstić information content (AvgIpc) is 2.74. The summed E-state index contributed by atoms with van der Waals surface area (Å²) in [5.41, 5.74) is 1.56. The maximum absolute atomic E-state index is 13.9. The summed E-state index contributed by atoms with van der Waals surface area (Å²) in [6, 6.07) is 9.41. The van der Waals surface area contributed by atoms with E-state index in [4.69, 9.17) is 11.6 Å². The lowest BCUT2D eigenvalue weighted by atomic mass is 10.1. The lowest BCUT2D eigenvalue weighted by Gasteiger charge is -2.09. The summed E-state index contributed by atoms with van der Waals surface area (Å²) < 4.78 is 14.6. The quantitative estimate of drug-likeness (QED) is 0.857. The zero-order chi connectivity index (χ0) is 13.1. The maximum Gasteiger partial charge on any atom is 0.128 e. The van der Waals surface area contributed by atoms with Gasteiger partial charge in [-0.05, 0) is 23.8 Å². The van der Waals surface area contributed by atoms with E-state index in [2.05, 4.69) is 5.32 Å². The fourth-order valence-corrected chi connectivity index (χ4v) is 2.67. The van der Waals surface area contributed by atoms with E-state index in [1.807, 2.05) is 38.1 Å². The van der Waals surface area contributed by atoms with Crippen molar-refractivity contribution in [2.45, 2.75) is 26.4 Å². The second kappa shape index (κ2) is 5.83. The van der Waals surface area contributed by atoms with E-state index in [1.165, 1.54) is 11.3 Å². The van der Waals surface area contributed by atoms with Gasteiger partial charge in [0.2, 0.25) is 0 Å². The molecule has 0 unspecified atom stereocenters. The number of thiophene rings is 1. The van der Waals surface area contributed by atoms with Gasteiger partial charge in [-0.15, -0.1) is 11.3 Å². The van der Waals surface area contributed by atoms with E-state index < -0.39 is 0 Å². The van der Waals surface area contributed by atoms with Crippen molar-refractivity contribution in [3.63, 3.8) is 0 Å². The third-order valence-corrected chi connectivity index (χ3v) is 3.89. The Hall–Kier alpha value is -0.900. The predicted molar refractivity (Wildman–Crippen MR) is 76.7 cm³/mol. The second-order valence-electron chi connectivity index (χ2n) is 4.45. The third-order valence-electron chi connectivity index (χ3n) is 2.61.